The smallest absolute Gasteiger partial charge is 0.216 e. The van der Waals surface area contributed by atoms with Crippen LogP contribution in [0.15, 0.2) is 0 Å². The Morgan fingerprint density at radius 3 is 2.00 bits per heavy atom. The minimum absolute atomic E-state index is 0.674. The largest absolute Gasteiger partial charge is 0.299 e. The van der Waals surface area contributed by atoms with Crippen molar-refractivity contribution in [2.75, 3.05) is 5.75 Å². The molecule has 0 aromatic carbocycles. The van der Waals surface area contributed by atoms with Gasteiger partial charge in [0.15, 0.2) is 0 Å². The predicted molar refractivity (Wildman–Crippen MR) is 28.3 cm³/mol. The summed E-state index contributed by atoms with van der Waals surface area (Å²) < 4.78 is 19.9. The van der Waals surface area contributed by atoms with Crippen LogP contribution in [0.25, 0.3) is 0 Å². The molecule has 0 atom stereocenters. The van der Waals surface area contributed by atoms with Gasteiger partial charge in [-0.25, -0.2) is 13.6 Å². The number of sulfonamides is 1. The molecule has 0 aromatic rings. The Morgan fingerprint density at radius 1 is 1.62 bits per heavy atom. The van der Waals surface area contributed by atoms with Crippen LogP contribution in [0.5, 0.6) is 0 Å². The van der Waals surface area contributed by atoms with Gasteiger partial charge in [0.1, 0.15) is 11.5 Å². The molecule has 0 spiro atoms. The first-order valence-corrected chi connectivity index (χ1v) is 3.48. The summed E-state index contributed by atoms with van der Waals surface area (Å²) in [5.41, 5.74) is 0. The van der Waals surface area contributed by atoms with E-state index in [0.717, 1.165) is 0 Å². The van der Waals surface area contributed by atoms with E-state index in [2.05, 4.69) is 12.1 Å². The molecule has 47 valence electrons. The van der Waals surface area contributed by atoms with Gasteiger partial charge in [0.2, 0.25) is 10.0 Å². The molecule has 0 aliphatic carbocycles. The molecule has 0 heterocycles. The van der Waals surface area contributed by atoms with E-state index in [1.54, 1.807) is 0 Å². The molecule has 0 unspecified atom stereocenters. The number of hydrogen-bond acceptors (Lipinski definition) is 3. The maximum atomic E-state index is 9.96. The van der Waals surface area contributed by atoms with Crippen LogP contribution < -0.4 is 5.14 Å². The lowest BCUT2D eigenvalue weighted by atomic mass is 10.5. The number of ketones is 1. The lowest BCUT2D eigenvalue weighted by Crippen LogP contribution is -2.21. The summed E-state index contributed by atoms with van der Waals surface area (Å²) in [6.07, 6.45) is 0. The first-order valence-electron chi connectivity index (χ1n) is 1.77. The van der Waals surface area contributed by atoms with Crippen LogP contribution in [0.4, 0.5) is 0 Å². The molecule has 4 nitrogen and oxygen atoms in total. The van der Waals surface area contributed by atoms with Gasteiger partial charge in [0.05, 0.1) is 0 Å². The molecule has 0 aromatic heterocycles. The van der Waals surface area contributed by atoms with Gasteiger partial charge in [-0.05, 0) is 0 Å². The Labute approximate surface area is 47.7 Å². The number of carbonyl (C=O) groups is 1. The molecule has 0 saturated heterocycles. The molecule has 0 bridgehead atoms. The minimum Gasteiger partial charge on any atom is -0.299 e. The van der Waals surface area contributed by atoms with Crippen molar-refractivity contribution in [1.29, 1.82) is 0 Å². The number of rotatable bonds is 2. The zero-order chi connectivity index (χ0) is 6.78. The lowest BCUT2D eigenvalue weighted by Gasteiger charge is -1.87. The van der Waals surface area contributed by atoms with Gasteiger partial charge < -0.3 is 0 Å². The molecule has 0 saturated carbocycles. The second kappa shape index (κ2) is 2.23. The Balaban J connectivity index is 3.95. The third-order valence-electron chi connectivity index (χ3n) is 0.362. The van der Waals surface area contributed by atoms with Gasteiger partial charge in [-0.1, -0.05) is 0 Å². The molecule has 0 rings (SSSR count). The highest BCUT2D eigenvalue weighted by Crippen LogP contribution is 1.75. The summed E-state index contributed by atoms with van der Waals surface area (Å²) in [6, 6.07) is 0. The third kappa shape index (κ3) is 5.58. The fourth-order valence-electron chi connectivity index (χ4n) is 0.224. The zero-order valence-corrected chi connectivity index (χ0v) is 4.94. The standard InChI is InChI=1S/C3H6NO3S/c1-3(5)2-8(4,6)7/h1-2H2,(H2,4,6,7). The van der Waals surface area contributed by atoms with E-state index < -0.39 is 21.6 Å². The number of nitrogens with two attached hydrogens (primary N) is 1. The monoisotopic (exact) mass is 136 g/mol. The maximum Gasteiger partial charge on any atom is 0.216 e. The third-order valence-corrected chi connectivity index (χ3v) is 1.09. The SMILES string of the molecule is [CH2]C(=O)CS(N)(=O)=O. The van der Waals surface area contributed by atoms with Crippen LogP contribution in [0.2, 0.25) is 0 Å². The topological polar surface area (TPSA) is 77.2 Å². The Bertz CT molecular complexity index is 181. The molecule has 0 fully saturated rings. The highest BCUT2D eigenvalue weighted by Gasteiger charge is 2.04. The van der Waals surface area contributed by atoms with E-state index in [-0.39, 0.29) is 0 Å². The predicted octanol–water partition coefficient (Wildman–Crippen LogP) is -1.32. The fourth-order valence-corrected chi connectivity index (χ4v) is 0.673. The van der Waals surface area contributed by atoms with Crippen molar-refractivity contribution in [3.63, 3.8) is 0 Å². The van der Waals surface area contributed by atoms with E-state index in [1.807, 2.05) is 0 Å². The highest BCUT2D eigenvalue weighted by molar-refractivity contribution is 7.89. The van der Waals surface area contributed by atoms with Crippen LogP contribution >= 0.6 is 0 Å². The van der Waals surface area contributed by atoms with Crippen molar-refractivity contribution in [2.45, 2.75) is 0 Å². The van der Waals surface area contributed by atoms with Crippen LogP contribution in [0.3, 0.4) is 0 Å². The Kier molecular flexibility index (Phi) is 2.12. The molecule has 2 N–H and O–H groups in total. The quantitative estimate of drug-likeness (QED) is 0.511. The van der Waals surface area contributed by atoms with Gasteiger partial charge >= 0.3 is 0 Å². The van der Waals surface area contributed by atoms with Crippen molar-refractivity contribution >= 4 is 15.8 Å². The molecule has 0 amide bonds. The average Bonchev–Trinajstić information content (AvgIpc) is 1.21. The summed E-state index contributed by atoms with van der Waals surface area (Å²) in [7, 11) is -3.64. The lowest BCUT2D eigenvalue weighted by molar-refractivity contribution is -0.112. The van der Waals surface area contributed by atoms with Gasteiger partial charge in [-0.3, -0.25) is 4.79 Å². The number of hydrogen-bond donors (Lipinski definition) is 1. The molecular formula is C3H6NO3S. The minimum atomic E-state index is -3.64. The molecule has 0 aliphatic heterocycles. The van der Waals surface area contributed by atoms with Gasteiger partial charge in [0, 0.05) is 6.92 Å². The van der Waals surface area contributed by atoms with Gasteiger partial charge in [0.25, 0.3) is 0 Å². The van der Waals surface area contributed by atoms with E-state index in [9.17, 15) is 13.2 Å². The van der Waals surface area contributed by atoms with Crippen molar-refractivity contribution in [1.82, 2.24) is 0 Å². The summed E-state index contributed by atoms with van der Waals surface area (Å²) in [6.45, 7) is 2.83. The van der Waals surface area contributed by atoms with E-state index in [0.29, 0.717) is 0 Å². The summed E-state index contributed by atoms with van der Waals surface area (Å²) in [4.78, 5) is 9.89. The first kappa shape index (κ1) is 7.58. The molecule has 1 radical (unpaired) electrons. The van der Waals surface area contributed by atoms with Crippen molar-refractivity contribution in [3.8, 4) is 0 Å². The highest BCUT2D eigenvalue weighted by atomic mass is 32.2. The van der Waals surface area contributed by atoms with E-state index in [1.165, 1.54) is 0 Å². The summed E-state index contributed by atoms with van der Waals surface area (Å²) in [5, 5.41) is 4.45. The molecule has 0 aliphatic rings. The van der Waals surface area contributed by atoms with Gasteiger partial charge in [-0.2, -0.15) is 0 Å². The average molecular weight is 136 g/mol. The molecule has 5 heteroatoms. The van der Waals surface area contributed by atoms with Crippen LogP contribution in [0, 0.1) is 6.92 Å². The summed E-state index contributed by atoms with van der Waals surface area (Å²) >= 11 is 0. The number of primary sulfonamides is 1. The Morgan fingerprint density at radius 2 is 2.00 bits per heavy atom. The number of Topliss-reactive ketones (excluding diaryl/α,β-unsaturated/α-hetero) is 1. The molecular weight excluding hydrogens is 130 g/mol. The fraction of sp³-hybridized carbons (Fsp3) is 0.333. The van der Waals surface area contributed by atoms with Crippen LogP contribution in [-0.4, -0.2) is 20.0 Å². The molecule has 8 heavy (non-hydrogen) atoms. The maximum absolute atomic E-state index is 9.96. The first-order chi connectivity index (χ1) is 3.42. The number of carbonyl (C=O) groups excluding carboxylic acids is 1. The second-order valence-corrected chi connectivity index (χ2v) is 2.96. The normalized spacial score (nSPS) is 11.2. The van der Waals surface area contributed by atoms with Crippen LogP contribution in [0.1, 0.15) is 0 Å². The van der Waals surface area contributed by atoms with E-state index >= 15 is 0 Å². The van der Waals surface area contributed by atoms with Gasteiger partial charge in [-0.15, -0.1) is 0 Å². The van der Waals surface area contributed by atoms with Crippen molar-refractivity contribution < 1.29 is 13.2 Å². The summed E-state index contributed by atoms with van der Waals surface area (Å²) in [5.74, 6) is -1.36. The second-order valence-electron chi connectivity index (χ2n) is 1.35. The van der Waals surface area contributed by atoms with E-state index in [4.69, 9.17) is 0 Å². The van der Waals surface area contributed by atoms with Crippen molar-refractivity contribution in [2.24, 2.45) is 5.14 Å². The van der Waals surface area contributed by atoms with Crippen molar-refractivity contribution in [3.05, 3.63) is 6.92 Å². The van der Waals surface area contributed by atoms with Crippen LogP contribution in [-0.2, 0) is 14.8 Å². The zero-order valence-electron chi connectivity index (χ0n) is 4.12. The Hall–Kier alpha value is -0.420.